The quantitative estimate of drug-likeness (QED) is 0.214. The summed E-state index contributed by atoms with van der Waals surface area (Å²) in [6.45, 7) is 7.01. The van der Waals surface area contributed by atoms with E-state index in [-0.39, 0.29) is 5.82 Å². The second kappa shape index (κ2) is 5.05. The fourth-order valence-corrected chi connectivity index (χ4v) is 5.60. The molecule has 0 atom stereocenters. The molecule has 0 unspecified atom stereocenters. The fraction of sp³-hybridized carbons (Fsp3) is 0.130. The molecule has 0 spiro atoms. The summed E-state index contributed by atoms with van der Waals surface area (Å²) in [6, 6.07) is 15.8. The molecule has 3 aromatic carbocycles. The molecule has 3 nitrogen and oxygen atoms in total. The minimum atomic E-state index is -1.57. The van der Waals surface area contributed by atoms with E-state index in [9.17, 15) is 4.39 Å². The van der Waals surface area contributed by atoms with Crippen molar-refractivity contribution in [3.63, 3.8) is 0 Å². The number of aromatic nitrogens is 3. The molecule has 3 heterocycles. The van der Waals surface area contributed by atoms with Gasteiger partial charge in [0.05, 0.1) is 41.0 Å². The number of hydrogen-bond donors (Lipinski definition) is 0. The Bertz CT molecular complexity index is 1560. The smallest absolute Gasteiger partial charge is 0.125 e. The lowest BCUT2D eigenvalue weighted by Gasteiger charge is -2.19. The Hall–Kier alpha value is -3.05. The molecule has 0 aliphatic heterocycles. The van der Waals surface area contributed by atoms with Crippen LogP contribution in [-0.2, 0) is 0 Å². The van der Waals surface area contributed by atoms with E-state index in [4.69, 9.17) is 0 Å². The third-order valence-electron chi connectivity index (χ3n) is 5.83. The van der Waals surface area contributed by atoms with Crippen molar-refractivity contribution in [2.45, 2.75) is 19.6 Å². The van der Waals surface area contributed by atoms with Gasteiger partial charge in [-0.25, -0.2) is 14.4 Å². The maximum Gasteiger partial charge on any atom is 0.125 e. The van der Waals surface area contributed by atoms with Gasteiger partial charge < -0.3 is 4.40 Å². The van der Waals surface area contributed by atoms with Crippen LogP contribution in [0.2, 0.25) is 19.6 Å². The summed E-state index contributed by atoms with van der Waals surface area (Å²) >= 11 is 0. The number of rotatable bonds is 1. The molecule has 0 saturated carbocycles. The molecule has 0 radical (unpaired) electrons. The van der Waals surface area contributed by atoms with E-state index in [2.05, 4.69) is 64.3 Å². The van der Waals surface area contributed by atoms with Gasteiger partial charge in [0.1, 0.15) is 12.1 Å². The first-order valence-corrected chi connectivity index (χ1v) is 13.0. The van der Waals surface area contributed by atoms with Gasteiger partial charge in [0.25, 0.3) is 0 Å². The van der Waals surface area contributed by atoms with Gasteiger partial charge in [-0.2, -0.15) is 0 Å². The van der Waals surface area contributed by atoms with Crippen molar-refractivity contribution < 1.29 is 4.39 Å². The van der Waals surface area contributed by atoms with Crippen LogP contribution in [0, 0.1) is 5.82 Å². The van der Waals surface area contributed by atoms with Crippen LogP contribution in [0.1, 0.15) is 0 Å². The monoisotopic (exact) mass is 383 g/mol. The zero-order valence-corrected chi connectivity index (χ0v) is 16.9. The summed E-state index contributed by atoms with van der Waals surface area (Å²) < 4.78 is 16.4. The van der Waals surface area contributed by atoms with Crippen LogP contribution in [0.4, 0.5) is 4.39 Å². The first-order valence-electron chi connectivity index (χ1n) is 9.46. The van der Waals surface area contributed by atoms with Gasteiger partial charge in [-0.15, -0.1) is 0 Å². The molecule has 0 saturated heterocycles. The Labute approximate surface area is 161 Å². The van der Waals surface area contributed by atoms with Crippen molar-refractivity contribution in [1.29, 1.82) is 0 Å². The summed E-state index contributed by atoms with van der Waals surface area (Å²) in [5.41, 5.74) is 4.98. The number of fused-ring (bicyclic) bond motifs is 5. The summed E-state index contributed by atoms with van der Waals surface area (Å²) in [5, 5.41) is 5.65. The SMILES string of the molecule is C[Si](C)(C)c1cc2ncnc3c4cccc5c6ccc(F)cc6n(c(c1)c23)c54. The van der Waals surface area contributed by atoms with E-state index in [0.29, 0.717) is 0 Å². The Balaban J connectivity index is 2.03. The molecule has 3 aromatic heterocycles. The van der Waals surface area contributed by atoms with Gasteiger partial charge in [0.15, 0.2) is 0 Å². The standard InChI is InChI=1S/C23H18FN3Si/c1-28(2,3)14-10-18-21-20(11-14)27-19-9-13(24)7-8-15(19)16-5-4-6-17(23(16)27)22(21)26-12-25-18/h4-12H,1-3H3. The summed E-state index contributed by atoms with van der Waals surface area (Å²) in [7, 11) is -1.57. The van der Waals surface area contributed by atoms with Crippen LogP contribution in [0.3, 0.4) is 0 Å². The van der Waals surface area contributed by atoms with Gasteiger partial charge in [0, 0.05) is 16.2 Å². The van der Waals surface area contributed by atoms with Crippen molar-refractivity contribution in [3.8, 4) is 0 Å². The first-order chi connectivity index (χ1) is 13.4. The normalized spacial score (nSPS) is 13.0. The van der Waals surface area contributed by atoms with Crippen molar-refractivity contribution in [3.05, 3.63) is 60.7 Å². The lowest BCUT2D eigenvalue weighted by Crippen LogP contribution is -2.37. The third-order valence-corrected chi connectivity index (χ3v) is 7.85. The fourth-order valence-electron chi connectivity index (χ4n) is 4.46. The molecule has 0 amide bonds. The second-order valence-corrected chi connectivity index (χ2v) is 13.6. The lowest BCUT2D eigenvalue weighted by atomic mass is 10.1. The molecule has 0 bridgehead atoms. The van der Waals surface area contributed by atoms with Gasteiger partial charge >= 0.3 is 0 Å². The highest BCUT2D eigenvalue weighted by atomic mass is 28.3. The Morgan fingerprint density at radius 1 is 0.857 bits per heavy atom. The average molecular weight is 384 g/mol. The number of benzene rings is 3. The highest BCUT2D eigenvalue weighted by Gasteiger charge is 2.23. The molecule has 0 aliphatic carbocycles. The van der Waals surface area contributed by atoms with Crippen LogP contribution in [0.25, 0.3) is 49.1 Å². The number of halogens is 1. The van der Waals surface area contributed by atoms with E-state index in [0.717, 1.165) is 49.1 Å². The largest absolute Gasteiger partial charge is 0.308 e. The van der Waals surface area contributed by atoms with Gasteiger partial charge in [-0.05, 0) is 30.3 Å². The van der Waals surface area contributed by atoms with E-state index in [1.165, 1.54) is 11.3 Å². The maximum absolute atomic E-state index is 14.2. The zero-order chi connectivity index (χ0) is 19.2. The first kappa shape index (κ1) is 16.0. The Morgan fingerprint density at radius 3 is 2.50 bits per heavy atom. The summed E-state index contributed by atoms with van der Waals surface area (Å²) in [5.74, 6) is -0.221. The molecule has 0 aliphatic rings. The third kappa shape index (κ3) is 1.92. The highest BCUT2D eigenvalue weighted by molar-refractivity contribution is 6.89. The van der Waals surface area contributed by atoms with Crippen LogP contribution in [0.5, 0.6) is 0 Å². The van der Waals surface area contributed by atoms with Crippen LogP contribution >= 0.6 is 0 Å². The van der Waals surface area contributed by atoms with E-state index >= 15 is 0 Å². The minimum absolute atomic E-state index is 0.221. The van der Waals surface area contributed by atoms with Crippen molar-refractivity contribution in [2.24, 2.45) is 0 Å². The number of nitrogens with zero attached hydrogens (tertiary/aromatic N) is 3. The van der Waals surface area contributed by atoms with Crippen LogP contribution in [0.15, 0.2) is 54.9 Å². The maximum atomic E-state index is 14.2. The average Bonchev–Trinajstić information content (AvgIpc) is 2.99. The molecule has 6 aromatic rings. The molecule has 5 heteroatoms. The topological polar surface area (TPSA) is 30.2 Å². The molecular formula is C23H18FN3Si. The Morgan fingerprint density at radius 2 is 1.68 bits per heavy atom. The van der Waals surface area contributed by atoms with Gasteiger partial charge in [0.2, 0.25) is 0 Å². The zero-order valence-electron chi connectivity index (χ0n) is 15.9. The van der Waals surface area contributed by atoms with Gasteiger partial charge in [-0.3, -0.25) is 0 Å². The van der Waals surface area contributed by atoms with Crippen molar-refractivity contribution in [2.75, 3.05) is 0 Å². The van der Waals surface area contributed by atoms with E-state index in [1.807, 2.05) is 6.07 Å². The predicted molar refractivity (Wildman–Crippen MR) is 117 cm³/mol. The number of hydrogen-bond acceptors (Lipinski definition) is 2. The number of para-hydroxylation sites is 1. The summed E-state index contributed by atoms with van der Waals surface area (Å²) in [4.78, 5) is 9.26. The molecule has 0 N–H and O–H groups in total. The molecule has 6 rings (SSSR count). The molecular weight excluding hydrogens is 365 g/mol. The predicted octanol–water partition coefficient (Wildman–Crippen LogP) is 5.46. The lowest BCUT2D eigenvalue weighted by molar-refractivity contribution is 0.629. The van der Waals surface area contributed by atoms with E-state index < -0.39 is 8.07 Å². The number of pyridine rings is 1. The van der Waals surface area contributed by atoms with Crippen molar-refractivity contribution >= 4 is 62.4 Å². The second-order valence-electron chi connectivity index (χ2n) is 8.56. The van der Waals surface area contributed by atoms with Crippen LogP contribution in [-0.4, -0.2) is 22.4 Å². The summed E-state index contributed by atoms with van der Waals surface area (Å²) in [6.07, 6.45) is 1.66. The van der Waals surface area contributed by atoms with Gasteiger partial charge in [-0.1, -0.05) is 43.0 Å². The van der Waals surface area contributed by atoms with Crippen LogP contribution < -0.4 is 5.19 Å². The molecule has 28 heavy (non-hydrogen) atoms. The minimum Gasteiger partial charge on any atom is -0.308 e. The molecule has 0 fully saturated rings. The van der Waals surface area contributed by atoms with E-state index in [1.54, 1.807) is 12.4 Å². The Kier molecular flexibility index (Phi) is 2.88. The highest BCUT2D eigenvalue weighted by Crippen LogP contribution is 2.39. The van der Waals surface area contributed by atoms with Crippen molar-refractivity contribution in [1.82, 2.24) is 14.4 Å². The molecule has 136 valence electrons.